The van der Waals surface area contributed by atoms with Crippen molar-refractivity contribution in [3.05, 3.63) is 113 Å². The normalized spacial score (nSPS) is 15.5. The van der Waals surface area contributed by atoms with Gasteiger partial charge in [-0.2, -0.15) is 0 Å². The van der Waals surface area contributed by atoms with E-state index in [0.717, 1.165) is 45.7 Å². The zero-order valence-corrected chi connectivity index (χ0v) is 40.0. The fourth-order valence-electron chi connectivity index (χ4n) is 8.67. The Labute approximate surface area is 384 Å². The van der Waals surface area contributed by atoms with Gasteiger partial charge in [0.25, 0.3) is 0 Å². The maximum atomic E-state index is 12.6. The number of ether oxygens (including phenoxy) is 3. The van der Waals surface area contributed by atoms with Gasteiger partial charge >= 0.3 is 11.9 Å². The summed E-state index contributed by atoms with van der Waals surface area (Å²) in [5, 5.41) is 20.2. The van der Waals surface area contributed by atoms with Gasteiger partial charge in [0.1, 0.15) is 5.75 Å². The van der Waals surface area contributed by atoms with Gasteiger partial charge < -0.3 is 24.4 Å². The maximum Gasteiger partial charge on any atom is 0.333 e. The molecule has 1 aliphatic carbocycles. The zero-order valence-electron chi connectivity index (χ0n) is 40.0. The van der Waals surface area contributed by atoms with E-state index in [1.165, 1.54) is 73.6 Å². The highest BCUT2D eigenvalue weighted by atomic mass is 16.5. The molecular weight excluding hydrogens is 797 g/mol. The Hall–Kier alpha value is -4.72. The summed E-state index contributed by atoms with van der Waals surface area (Å²) in [7, 11) is 0. The van der Waals surface area contributed by atoms with Crippen LogP contribution in [0.5, 0.6) is 5.75 Å². The fraction of sp³-hybridized carbons (Fsp3) is 0.509. The van der Waals surface area contributed by atoms with Crippen molar-refractivity contribution < 1.29 is 34.0 Å². The summed E-state index contributed by atoms with van der Waals surface area (Å²) in [6.45, 7) is 17.2. The first-order chi connectivity index (χ1) is 30.7. The smallest absolute Gasteiger partial charge is 0.333 e. The van der Waals surface area contributed by atoms with E-state index in [2.05, 4.69) is 99.3 Å². The van der Waals surface area contributed by atoms with Crippen LogP contribution >= 0.6 is 0 Å². The van der Waals surface area contributed by atoms with Crippen LogP contribution < -0.4 is 4.74 Å². The molecule has 0 saturated heterocycles. The number of carbonyl (C=O) groups excluding carboxylic acids is 2. The molecule has 0 amide bonds. The van der Waals surface area contributed by atoms with Gasteiger partial charge in [-0.05, 0) is 165 Å². The second kappa shape index (κ2) is 24.0. The van der Waals surface area contributed by atoms with Crippen LogP contribution in [0.4, 0.5) is 0 Å². The summed E-state index contributed by atoms with van der Waals surface area (Å²) < 4.78 is 17.6. The first kappa shape index (κ1) is 50.3. The lowest BCUT2D eigenvalue weighted by Gasteiger charge is -2.29. The number of aliphatic hydroxyl groups excluding tert-OH is 2. The lowest BCUT2D eigenvalue weighted by Crippen LogP contribution is -2.33. The van der Waals surface area contributed by atoms with Gasteiger partial charge in [0, 0.05) is 11.0 Å². The van der Waals surface area contributed by atoms with Crippen molar-refractivity contribution in [2.24, 2.45) is 16.7 Å². The minimum Gasteiger partial charge on any atom is -0.492 e. The number of aliphatic hydroxyl groups is 2. The quantitative estimate of drug-likeness (QED) is 0.0435. The number of benzene rings is 4. The van der Waals surface area contributed by atoms with E-state index in [1.807, 2.05) is 20.8 Å². The van der Waals surface area contributed by atoms with Gasteiger partial charge in [0.15, 0.2) is 0 Å². The molecule has 0 radical (unpaired) electrons. The molecule has 7 nitrogen and oxygen atoms in total. The first-order valence-corrected chi connectivity index (χ1v) is 24.0. The van der Waals surface area contributed by atoms with E-state index < -0.39 is 16.8 Å². The highest BCUT2D eigenvalue weighted by molar-refractivity contribution is 5.87. The van der Waals surface area contributed by atoms with Gasteiger partial charge in [-0.15, -0.1) is 0 Å². The van der Waals surface area contributed by atoms with Crippen molar-refractivity contribution in [2.75, 3.05) is 33.0 Å². The third-order valence-corrected chi connectivity index (χ3v) is 13.0. The third kappa shape index (κ3) is 14.1. The van der Waals surface area contributed by atoms with Crippen molar-refractivity contribution in [1.82, 2.24) is 0 Å². The lowest BCUT2D eigenvalue weighted by atomic mass is 9.77. The molecule has 2 N–H and O–H groups in total. The highest BCUT2D eigenvalue weighted by Gasteiger charge is 2.27. The van der Waals surface area contributed by atoms with Crippen molar-refractivity contribution in [1.29, 1.82) is 0 Å². The fourth-order valence-corrected chi connectivity index (χ4v) is 8.67. The van der Waals surface area contributed by atoms with Crippen LogP contribution in [-0.4, -0.2) is 55.2 Å². The Balaban J connectivity index is 1.39. The lowest BCUT2D eigenvalue weighted by molar-refractivity contribution is -0.153. The molecule has 7 heteroatoms. The van der Waals surface area contributed by atoms with Crippen molar-refractivity contribution in [3.63, 3.8) is 0 Å². The molecular formula is C57H76O7. The number of carbonyl (C=O) groups is 2. The molecule has 346 valence electrons. The van der Waals surface area contributed by atoms with Gasteiger partial charge in [0.05, 0.1) is 38.4 Å². The molecule has 0 atom stereocenters. The summed E-state index contributed by atoms with van der Waals surface area (Å²) in [6.07, 6.45) is 13.9. The van der Waals surface area contributed by atoms with E-state index in [-0.39, 0.29) is 39.0 Å². The van der Waals surface area contributed by atoms with Crippen molar-refractivity contribution >= 4 is 11.9 Å². The molecule has 0 aromatic heterocycles. The molecule has 0 heterocycles. The summed E-state index contributed by atoms with van der Waals surface area (Å²) in [5.41, 5.74) is 10.4. The largest absolute Gasteiger partial charge is 0.492 e. The summed E-state index contributed by atoms with van der Waals surface area (Å²) in [5.74, 6) is 1.61. The first-order valence-electron chi connectivity index (χ1n) is 24.0. The van der Waals surface area contributed by atoms with Crippen LogP contribution in [0.2, 0.25) is 0 Å². The molecule has 0 bridgehead atoms. The molecule has 4 aromatic carbocycles. The summed E-state index contributed by atoms with van der Waals surface area (Å²) in [6, 6.07) is 29.2. The Morgan fingerprint density at radius 3 is 1.73 bits per heavy atom. The standard InChI is InChI=1S/C57H76O7/c1-9-11-12-15-41-18-20-43(21-19-41)44-22-24-45(25-23-44)46-26-28-47(29-27-46)48-30-31-52(42(10-2)34-48)51-35-49(16-13-32-62-54(60)40(3)4)53(64-39-57(8,37-58)38-59)50(36-51)17-14-33-63-55(61)56(5,6)7/h22-31,34-36,41,43,58-59H,3,9-21,32-33,37-39H2,1-2,4-8H3. The van der Waals surface area contributed by atoms with Gasteiger partial charge in [-0.1, -0.05) is 120 Å². The number of rotatable bonds is 23. The Bertz CT molecular complexity index is 2110. The van der Waals surface area contributed by atoms with E-state index in [9.17, 15) is 19.8 Å². The molecule has 64 heavy (non-hydrogen) atoms. The Morgan fingerprint density at radius 2 is 1.20 bits per heavy atom. The summed E-state index contributed by atoms with van der Waals surface area (Å²) in [4.78, 5) is 24.8. The number of hydrogen-bond acceptors (Lipinski definition) is 7. The molecule has 5 rings (SSSR count). The molecule has 4 aromatic rings. The van der Waals surface area contributed by atoms with Crippen LogP contribution in [0, 0.1) is 16.7 Å². The highest BCUT2D eigenvalue weighted by Crippen LogP contribution is 2.40. The SMILES string of the molecule is C=C(C)C(=O)OCCCc1cc(-c2ccc(-c3ccc(-c4ccc(C5CCC(CCCCC)CC5)cc4)cc3)cc2CC)cc(CCCOC(=O)C(C)(C)C)c1OCC(C)(CO)CO. The van der Waals surface area contributed by atoms with Gasteiger partial charge in [-0.3, -0.25) is 4.79 Å². The van der Waals surface area contributed by atoms with Gasteiger partial charge in [-0.25, -0.2) is 4.79 Å². The van der Waals surface area contributed by atoms with Crippen molar-refractivity contribution in [2.45, 2.75) is 138 Å². The Kier molecular flexibility index (Phi) is 18.8. The zero-order chi connectivity index (χ0) is 46.3. The topological polar surface area (TPSA) is 102 Å². The van der Waals surface area contributed by atoms with Crippen LogP contribution in [0.15, 0.2) is 91.0 Å². The monoisotopic (exact) mass is 873 g/mol. The second-order valence-electron chi connectivity index (χ2n) is 19.7. The van der Waals surface area contributed by atoms with Crippen molar-refractivity contribution in [3.8, 4) is 39.1 Å². The Morgan fingerprint density at radius 1 is 0.672 bits per heavy atom. The molecule has 1 saturated carbocycles. The number of hydrogen-bond donors (Lipinski definition) is 2. The van der Waals surface area contributed by atoms with Crippen LogP contribution in [0.25, 0.3) is 33.4 Å². The van der Waals surface area contributed by atoms with Crippen LogP contribution in [-0.2, 0) is 38.3 Å². The molecule has 0 spiro atoms. The van der Waals surface area contributed by atoms with Crippen LogP contribution in [0.3, 0.4) is 0 Å². The number of esters is 2. The molecule has 1 fully saturated rings. The maximum absolute atomic E-state index is 12.6. The predicted octanol–water partition coefficient (Wildman–Crippen LogP) is 13.0. The predicted molar refractivity (Wildman–Crippen MR) is 262 cm³/mol. The molecule has 0 unspecified atom stereocenters. The van der Waals surface area contributed by atoms with E-state index >= 15 is 0 Å². The van der Waals surface area contributed by atoms with E-state index in [4.69, 9.17) is 14.2 Å². The van der Waals surface area contributed by atoms with E-state index in [1.54, 1.807) is 13.8 Å². The average molecular weight is 873 g/mol. The number of unbranched alkanes of at least 4 members (excludes halogenated alkanes) is 2. The third-order valence-electron chi connectivity index (χ3n) is 13.0. The van der Waals surface area contributed by atoms with E-state index in [0.29, 0.717) is 42.9 Å². The minimum atomic E-state index is -0.854. The summed E-state index contributed by atoms with van der Waals surface area (Å²) >= 11 is 0. The average Bonchev–Trinajstić information content (AvgIpc) is 3.30. The molecule has 0 aliphatic heterocycles. The second-order valence-corrected chi connectivity index (χ2v) is 19.7. The molecule has 1 aliphatic rings. The number of aryl methyl sites for hydroxylation is 3. The minimum absolute atomic E-state index is 0.0993. The van der Waals surface area contributed by atoms with Gasteiger partial charge in [0.2, 0.25) is 0 Å². The van der Waals surface area contributed by atoms with Crippen LogP contribution in [0.1, 0.15) is 141 Å².